The lowest BCUT2D eigenvalue weighted by Crippen LogP contribution is -2.07. The Bertz CT molecular complexity index is 468. The standard InChI is InChI=1S/C13H18N4O2/c1-10-8-11(9-14)17-13(16-10)15-7-5-3-2-4-6-12(18)19/h8H,2-7H2,1H3,(H,18,19)(H,15,16,17). The van der Waals surface area contributed by atoms with Gasteiger partial charge in [0.1, 0.15) is 11.8 Å². The first-order valence-electron chi connectivity index (χ1n) is 6.33. The van der Waals surface area contributed by atoms with E-state index in [9.17, 15) is 4.79 Å². The molecule has 6 nitrogen and oxygen atoms in total. The summed E-state index contributed by atoms with van der Waals surface area (Å²) in [4.78, 5) is 18.5. The second-order valence-corrected chi connectivity index (χ2v) is 4.31. The zero-order valence-corrected chi connectivity index (χ0v) is 11.0. The van der Waals surface area contributed by atoms with Crippen molar-refractivity contribution in [3.05, 3.63) is 17.5 Å². The van der Waals surface area contributed by atoms with E-state index in [1.807, 2.05) is 13.0 Å². The number of carbonyl (C=O) groups is 1. The van der Waals surface area contributed by atoms with E-state index >= 15 is 0 Å². The number of aliphatic carboxylic acids is 1. The molecule has 102 valence electrons. The fourth-order valence-electron chi connectivity index (χ4n) is 1.66. The van der Waals surface area contributed by atoms with E-state index in [0.29, 0.717) is 11.6 Å². The number of hydrogen-bond donors (Lipinski definition) is 2. The van der Waals surface area contributed by atoms with Crippen molar-refractivity contribution in [3.63, 3.8) is 0 Å². The topological polar surface area (TPSA) is 98.9 Å². The van der Waals surface area contributed by atoms with Crippen LogP contribution in [0.25, 0.3) is 0 Å². The molecular formula is C13H18N4O2. The maximum Gasteiger partial charge on any atom is 0.303 e. The summed E-state index contributed by atoms with van der Waals surface area (Å²) in [6, 6.07) is 3.63. The number of carboxylic acids is 1. The first-order valence-corrected chi connectivity index (χ1v) is 6.33. The molecular weight excluding hydrogens is 244 g/mol. The highest BCUT2D eigenvalue weighted by Crippen LogP contribution is 2.06. The van der Waals surface area contributed by atoms with Crippen molar-refractivity contribution in [2.45, 2.75) is 39.0 Å². The van der Waals surface area contributed by atoms with Gasteiger partial charge in [0.2, 0.25) is 5.95 Å². The number of aromatic nitrogens is 2. The Hall–Kier alpha value is -2.16. The quantitative estimate of drug-likeness (QED) is 0.696. The number of rotatable bonds is 8. The number of aryl methyl sites for hydroxylation is 1. The molecule has 0 aliphatic rings. The second kappa shape index (κ2) is 8.03. The normalized spacial score (nSPS) is 9.89. The van der Waals surface area contributed by atoms with Crippen molar-refractivity contribution in [2.75, 3.05) is 11.9 Å². The van der Waals surface area contributed by atoms with Gasteiger partial charge in [-0.25, -0.2) is 9.97 Å². The van der Waals surface area contributed by atoms with Crippen molar-refractivity contribution in [2.24, 2.45) is 0 Å². The molecule has 6 heteroatoms. The van der Waals surface area contributed by atoms with Gasteiger partial charge >= 0.3 is 5.97 Å². The second-order valence-electron chi connectivity index (χ2n) is 4.31. The summed E-state index contributed by atoms with van der Waals surface area (Å²) >= 11 is 0. The number of unbranched alkanes of at least 4 members (excludes halogenated alkanes) is 3. The maximum atomic E-state index is 10.3. The van der Waals surface area contributed by atoms with Gasteiger partial charge in [0.25, 0.3) is 0 Å². The van der Waals surface area contributed by atoms with Gasteiger partial charge in [0.15, 0.2) is 0 Å². The van der Waals surface area contributed by atoms with Crippen LogP contribution in [0.5, 0.6) is 0 Å². The molecule has 0 aromatic carbocycles. The molecule has 0 radical (unpaired) electrons. The van der Waals surface area contributed by atoms with E-state index in [1.54, 1.807) is 6.07 Å². The van der Waals surface area contributed by atoms with Gasteiger partial charge in [-0.1, -0.05) is 12.8 Å². The van der Waals surface area contributed by atoms with Crippen LogP contribution in [0.3, 0.4) is 0 Å². The smallest absolute Gasteiger partial charge is 0.303 e. The van der Waals surface area contributed by atoms with Crippen LogP contribution >= 0.6 is 0 Å². The Kier molecular flexibility index (Phi) is 6.30. The van der Waals surface area contributed by atoms with Gasteiger partial charge in [-0.3, -0.25) is 4.79 Å². The minimum atomic E-state index is -0.740. The van der Waals surface area contributed by atoms with E-state index in [0.717, 1.165) is 37.9 Å². The molecule has 0 saturated heterocycles. The van der Waals surface area contributed by atoms with E-state index in [1.165, 1.54) is 0 Å². The summed E-state index contributed by atoms with van der Waals surface area (Å²) in [6.07, 6.45) is 3.76. The maximum absolute atomic E-state index is 10.3. The Balaban J connectivity index is 2.21. The number of anilines is 1. The highest BCUT2D eigenvalue weighted by Gasteiger charge is 2.01. The molecule has 0 amide bonds. The largest absolute Gasteiger partial charge is 0.481 e. The van der Waals surface area contributed by atoms with E-state index < -0.39 is 5.97 Å². The van der Waals surface area contributed by atoms with Gasteiger partial charge in [-0.05, 0) is 25.8 Å². The molecule has 0 spiro atoms. The Labute approximate surface area is 112 Å². The zero-order valence-electron chi connectivity index (χ0n) is 11.0. The SMILES string of the molecule is Cc1cc(C#N)nc(NCCCCCCC(=O)O)n1. The predicted octanol–water partition coefficient (Wildman–Crippen LogP) is 2.10. The molecule has 0 fully saturated rings. The van der Waals surface area contributed by atoms with Crippen LogP contribution in [0.4, 0.5) is 5.95 Å². The molecule has 0 unspecified atom stereocenters. The van der Waals surface area contributed by atoms with E-state index in [2.05, 4.69) is 15.3 Å². The van der Waals surface area contributed by atoms with Crippen molar-refractivity contribution in [1.82, 2.24) is 9.97 Å². The van der Waals surface area contributed by atoms with Crippen molar-refractivity contribution >= 4 is 11.9 Å². The Morgan fingerprint density at radius 2 is 2.11 bits per heavy atom. The monoisotopic (exact) mass is 262 g/mol. The number of nitriles is 1. The molecule has 0 aliphatic carbocycles. The molecule has 2 N–H and O–H groups in total. The number of hydrogen-bond acceptors (Lipinski definition) is 5. The molecule has 0 atom stereocenters. The summed E-state index contributed by atoms with van der Waals surface area (Å²) in [5.74, 6) is -0.266. The predicted molar refractivity (Wildman–Crippen MR) is 70.7 cm³/mol. The van der Waals surface area contributed by atoms with Crippen LogP contribution in [-0.2, 0) is 4.79 Å². The molecule has 1 aromatic heterocycles. The van der Waals surface area contributed by atoms with Crippen LogP contribution in [0.1, 0.15) is 43.5 Å². The molecule has 0 bridgehead atoms. The molecule has 1 heterocycles. The van der Waals surface area contributed by atoms with Gasteiger partial charge in [0, 0.05) is 18.7 Å². The van der Waals surface area contributed by atoms with Gasteiger partial charge in [-0.15, -0.1) is 0 Å². The first kappa shape index (κ1) is 14.9. The third-order valence-corrected chi connectivity index (χ3v) is 2.57. The van der Waals surface area contributed by atoms with Crippen molar-refractivity contribution in [1.29, 1.82) is 5.26 Å². The minimum absolute atomic E-state index is 0.236. The summed E-state index contributed by atoms with van der Waals surface area (Å²) in [5.41, 5.74) is 1.12. The lowest BCUT2D eigenvalue weighted by Gasteiger charge is -2.05. The van der Waals surface area contributed by atoms with E-state index in [-0.39, 0.29) is 6.42 Å². The van der Waals surface area contributed by atoms with Gasteiger partial charge in [-0.2, -0.15) is 5.26 Å². The summed E-state index contributed by atoms with van der Waals surface area (Å²) in [5, 5.41) is 20.3. The average Bonchev–Trinajstić information content (AvgIpc) is 2.36. The molecule has 0 aliphatic heterocycles. The summed E-state index contributed by atoms with van der Waals surface area (Å²) in [6.45, 7) is 2.54. The molecule has 1 rings (SSSR count). The first-order chi connectivity index (χ1) is 9.11. The average molecular weight is 262 g/mol. The Morgan fingerprint density at radius 3 is 2.79 bits per heavy atom. The zero-order chi connectivity index (χ0) is 14.1. The highest BCUT2D eigenvalue weighted by atomic mass is 16.4. The number of nitrogens with zero attached hydrogens (tertiary/aromatic N) is 3. The molecule has 0 saturated carbocycles. The van der Waals surface area contributed by atoms with E-state index in [4.69, 9.17) is 10.4 Å². The summed E-state index contributed by atoms with van der Waals surface area (Å²) < 4.78 is 0. The van der Waals surface area contributed by atoms with Crippen LogP contribution in [0.15, 0.2) is 6.07 Å². The van der Waals surface area contributed by atoms with Crippen LogP contribution in [0, 0.1) is 18.3 Å². The lowest BCUT2D eigenvalue weighted by atomic mass is 10.1. The lowest BCUT2D eigenvalue weighted by molar-refractivity contribution is -0.137. The minimum Gasteiger partial charge on any atom is -0.481 e. The molecule has 1 aromatic rings. The van der Waals surface area contributed by atoms with Gasteiger partial charge in [0.05, 0.1) is 0 Å². The Morgan fingerprint density at radius 1 is 1.37 bits per heavy atom. The number of nitrogens with one attached hydrogen (secondary N) is 1. The fourth-order valence-corrected chi connectivity index (χ4v) is 1.66. The fraction of sp³-hybridized carbons (Fsp3) is 0.538. The van der Waals surface area contributed by atoms with Crippen molar-refractivity contribution in [3.8, 4) is 6.07 Å². The van der Waals surface area contributed by atoms with Crippen LogP contribution in [0.2, 0.25) is 0 Å². The van der Waals surface area contributed by atoms with Crippen LogP contribution < -0.4 is 5.32 Å². The van der Waals surface area contributed by atoms with Gasteiger partial charge < -0.3 is 10.4 Å². The summed E-state index contributed by atoms with van der Waals surface area (Å²) in [7, 11) is 0. The third-order valence-electron chi connectivity index (χ3n) is 2.57. The third kappa shape index (κ3) is 6.36. The van der Waals surface area contributed by atoms with Crippen molar-refractivity contribution < 1.29 is 9.90 Å². The molecule has 19 heavy (non-hydrogen) atoms. The highest BCUT2D eigenvalue weighted by molar-refractivity contribution is 5.66. The number of carboxylic acid groups (broad SMARTS) is 1. The van der Waals surface area contributed by atoms with Crippen LogP contribution in [-0.4, -0.2) is 27.6 Å².